The summed E-state index contributed by atoms with van der Waals surface area (Å²) < 4.78 is 22.2. The molecule has 0 saturated carbocycles. The van der Waals surface area contributed by atoms with E-state index in [1.54, 1.807) is 48.5 Å². The summed E-state index contributed by atoms with van der Waals surface area (Å²) in [4.78, 5) is 31.0. The number of amides is 1. The second-order valence-electron chi connectivity index (χ2n) is 8.50. The lowest BCUT2D eigenvalue weighted by molar-refractivity contribution is -0.117. The molecule has 1 aliphatic rings. The van der Waals surface area contributed by atoms with Gasteiger partial charge in [-0.2, -0.15) is 10.1 Å². The number of carbonyl (C=O) groups is 1. The van der Waals surface area contributed by atoms with Gasteiger partial charge in [0.05, 0.1) is 17.9 Å². The molecule has 3 aromatic heterocycles. The summed E-state index contributed by atoms with van der Waals surface area (Å²) in [5.74, 6) is 0.151. The Labute approximate surface area is 212 Å². The van der Waals surface area contributed by atoms with Crippen molar-refractivity contribution in [1.82, 2.24) is 35.0 Å². The van der Waals surface area contributed by atoms with Crippen molar-refractivity contribution in [2.24, 2.45) is 7.05 Å². The number of halogens is 1. The number of aryl methyl sites for hydroxylation is 2. The number of hydrogen-bond acceptors (Lipinski definition) is 9. The molecule has 1 aliphatic heterocycles. The first kappa shape index (κ1) is 23.9. The molecule has 1 saturated heterocycles. The fourth-order valence-corrected chi connectivity index (χ4v) is 3.82. The molecule has 0 unspecified atom stereocenters. The van der Waals surface area contributed by atoms with Gasteiger partial charge in [0.1, 0.15) is 5.82 Å². The molecule has 2 N–H and O–H groups in total. The van der Waals surface area contributed by atoms with E-state index >= 15 is 4.39 Å². The summed E-state index contributed by atoms with van der Waals surface area (Å²) in [6, 6.07) is 6.34. The Kier molecular flexibility index (Phi) is 6.45. The average molecular weight is 502 g/mol. The second-order valence-corrected chi connectivity index (χ2v) is 8.50. The van der Waals surface area contributed by atoms with Crippen LogP contribution in [0.2, 0.25) is 0 Å². The van der Waals surface area contributed by atoms with E-state index in [0.29, 0.717) is 41.7 Å². The molecular weight excluding hydrogens is 477 g/mol. The first-order valence-electron chi connectivity index (χ1n) is 11.5. The van der Waals surface area contributed by atoms with Crippen molar-refractivity contribution >= 4 is 23.4 Å². The number of nitrogens with one attached hydrogen (secondary N) is 2. The normalized spacial score (nSPS) is 13.1. The minimum absolute atomic E-state index is 0.00262. The highest BCUT2D eigenvalue weighted by Crippen LogP contribution is 2.35. The Hall–Kier alpha value is -4.87. The number of carbonyl (C=O) groups excluding carboxylic acids is 1. The molecule has 0 bridgehead atoms. The molecule has 188 valence electrons. The maximum Gasteiger partial charge on any atom is 0.322 e. The third-order valence-electron chi connectivity index (χ3n) is 5.66. The number of rotatable bonds is 8. The van der Waals surface area contributed by atoms with Gasteiger partial charge >= 0.3 is 6.01 Å². The highest BCUT2D eigenvalue weighted by Gasteiger charge is 2.31. The lowest BCUT2D eigenvalue weighted by atomic mass is 10.0. The van der Waals surface area contributed by atoms with Crippen molar-refractivity contribution in [2.75, 3.05) is 23.3 Å². The van der Waals surface area contributed by atoms with Gasteiger partial charge in [-0.25, -0.2) is 19.3 Å². The SMILES string of the molecule is C=CC(=O)NC1CN(c2nc(Nc3cnn(C)c3)ncc2-c2ccc(Oc3nccc(C)n3)c(F)c2)C1. The standard InChI is InChI=1S/C25H24FN9O2/c1-4-22(36)31-18-13-35(14-18)23-19(11-28-24(33-23)32-17-10-29-34(3)12-17)16-5-6-21(20(26)9-16)37-25-27-8-7-15(2)30-25/h4-12,18H,1,13-14H2,2-3H3,(H,31,36)(H,28,32,33). The van der Waals surface area contributed by atoms with Crippen LogP contribution in [0.1, 0.15) is 5.69 Å². The number of nitrogens with zero attached hydrogens (tertiary/aromatic N) is 7. The summed E-state index contributed by atoms with van der Waals surface area (Å²) in [5.41, 5.74) is 2.63. The van der Waals surface area contributed by atoms with Crippen molar-refractivity contribution < 1.29 is 13.9 Å². The monoisotopic (exact) mass is 501 g/mol. The van der Waals surface area contributed by atoms with E-state index in [9.17, 15) is 4.79 Å². The Morgan fingerprint density at radius 3 is 2.76 bits per heavy atom. The number of aromatic nitrogens is 6. The molecule has 0 aliphatic carbocycles. The predicted octanol–water partition coefficient (Wildman–Crippen LogP) is 3.14. The van der Waals surface area contributed by atoms with Gasteiger partial charge in [-0.15, -0.1) is 0 Å². The van der Waals surface area contributed by atoms with E-state index < -0.39 is 5.82 Å². The quantitative estimate of drug-likeness (QED) is 0.351. The Bertz CT molecular complexity index is 1470. The molecule has 4 heterocycles. The van der Waals surface area contributed by atoms with Gasteiger partial charge in [0, 0.05) is 50.0 Å². The van der Waals surface area contributed by atoms with Gasteiger partial charge in [0.15, 0.2) is 11.6 Å². The number of hydrogen-bond donors (Lipinski definition) is 2. The summed E-state index contributed by atoms with van der Waals surface area (Å²) >= 11 is 0. The Morgan fingerprint density at radius 2 is 2.05 bits per heavy atom. The van der Waals surface area contributed by atoms with E-state index in [1.807, 2.05) is 11.9 Å². The molecule has 12 heteroatoms. The fraction of sp³-hybridized carbons (Fsp3) is 0.200. The Balaban J connectivity index is 1.43. The molecule has 5 rings (SSSR count). The molecule has 0 atom stereocenters. The molecule has 1 aromatic carbocycles. The maximum absolute atomic E-state index is 15.1. The lowest BCUT2D eigenvalue weighted by Crippen LogP contribution is -2.59. The maximum atomic E-state index is 15.1. The average Bonchev–Trinajstić information content (AvgIpc) is 3.26. The zero-order chi connectivity index (χ0) is 25.9. The third kappa shape index (κ3) is 5.37. The number of anilines is 3. The highest BCUT2D eigenvalue weighted by molar-refractivity contribution is 5.87. The van der Waals surface area contributed by atoms with Crippen molar-refractivity contribution in [1.29, 1.82) is 0 Å². The smallest absolute Gasteiger partial charge is 0.322 e. The van der Waals surface area contributed by atoms with Crippen LogP contribution in [0.4, 0.5) is 21.8 Å². The van der Waals surface area contributed by atoms with Gasteiger partial charge in [0.25, 0.3) is 0 Å². The van der Waals surface area contributed by atoms with Crippen LogP contribution in [0, 0.1) is 12.7 Å². The lowest BCUT2D eigenvalue weighted by Gasteiger charge is -2.41. The van der Waals surface area contributed by atoms with Crippen LogP contribution in [-0.2, 0) is 11.8 Å². The van der Waals surface area contributed by atoms with Gasteiger partial charge in [-0.3, -0.25) is 9.48 Å². The predicted molar refractivity (Wildman–Crippen MR) is 135 cm³/mol. The van der Waals surface area contributed by atoms with Crippen LogP contribution in [-0.4, -0.2) is 54.8 Å². The van der Waals surface area contributed by atoms with Crippen LogP contribution in [0.25, 0.3) is 11.1 Å². The van der Waals surface area contributed by atoms with Crippen molar-refractivity contribution in [3.63, 3.8) is 0 Å². The minimum Gasteiger partial charge on any atom is -0.421 e. The molecule has 4 aromatic rings. The third-order valence-corrected chi connectivity index (χ3v) is 5.66. The zero-order valence-corrected chi connectivity index (χ0v) is 20.2. The molecular formula is C25H24FN9O2. The summed E-state index contributed by atoms with van der Waals surface area (Å²) in [5, 5.41) is 10.1. The van der Waals surface area contributed by atoms with Gasteiger partial charge in [-0.05, 0) is 36.8 Å². The van der Waals surface area contributed by atoms with Crippen LogP contribution in [0.15, 0.2) is 61.7 Å². The topological polar surface area (TPSA) is 123 Å². The van der Waals surface area contributed by atoms with Gasteiger partial charge < -0.3 is 20.3 Å². The van der Waals surface area contributed by atoms with Crippen molar-refractivity contribution in [2.45, 2.75) is 13.0 Å². The van der Waals surface area contributed by atoms with E-state index in [0.717, 1.165) is 5.69 Å². The largest absolute Gasteiger partial charge is 0.421 e. The Morgan fingerprint density at radius 1 is 1.22 bits per heavy atom. The van der Waals surface area contributed by atoms with Crippen molar-refractivity contribution in [3.05, 3.63) is 73.2 Å². The van der Waals surface area contributed by atoms with E-state index in [-0.39, 0.29) is 23.7 Å². The minimum atomic E-state index is -0.578. The van der Waals surface area contributed by atoms with E-state index in [4.69, 9.17) is 9.72 Å². The van der Waals surface area contributed by atoms with Gasteiger partial charge in [-0.1, -0.05) is 12.6 Å². The van der Waals surface area contributed by atoms with Crippen LogP contribution in [0.5, 0.6) is 11.8 Å². The van der Waals surface area contributed by atoms with Crippen molar-refractivity contribution in [3.8, 4) is 22.9 Å². The first-order chi connectivity index (χ1) is 17.9. The van der Waals surface area contributed by atoms with E-state index in [1.165, 1.54) is 18.2 Å². The van der Waals surface area contributed by atoms with E-state index in [2.05, 4.69) is 37.3 Å². The molecule has 1 fully saturated rings. The molecule has 11 nitrogen and oxygen atoms in total. The molecule has 0 radical (unpaired) electrons. The second kappa shape index (κ2) is 10.0. The number of benzene rings is 1. The zero-order valence-electron chi connectivity index (χ0n) is 20.2. The first-order valence-corrected chi connectivity index (χ1v) is 11.5. The van der Waals surface area contributed by atoms with Gasteiger partial charge in [0.2, 0.25) is 11.9 Å². The summed E-state index contributed by atoms with van der Waals surface area (Å²) in [6.45, 7) is 6.35. The summed E-state index contributed by atoms with van der Waals surface area (Å²) in [6.07, 6.45) is 7.88. The highest BCUT2D eigenvalue weighted by atomic mass is 19.1. The molecule has 1 amide bonds. The fourth-order valence-electron chi connectivity index (χ4n) is 3.82. The van der Waals surface area contributed by atoms with Crippen LogP contribution in [0.3, 0.4) is 0 Å². The van der Waals surface area contributed by atoms with Crippen LogP contribution >= 0.6 is 0 Å². The summed E-state index contributed by atoms with van der Waals surface area (Å²) in [7, 11) is 1.81. The number of ether oxygens (including phenoxy) is 1. The molecule has 0 spiro atoms. The molecule has 37 heavy (non-hydrogen) atoms. The van der Waals surface area contributed by atoms with Crippen LogP contribution < -0.4 is 20.3 Å².